The van der Waals surface area contributed by atoms with Gasteiger partial charge in [0, 0.05) is 31.7 Å². The molecule has 3 rings (SSSR count). The molecule has 1 aliphatic heterocycles. The molecule has 0 radical (unpaired) electrons. The molecule has 0 aromatic heterocycles. The number of ether oxygens (including phenoxy) is 2. The van der Waals surface area contributed by atoms with Crippen LogP contribution in [0, 0.1) is 0 Å². The average molecular weight is 553 g/mol. The van der Waals surface area contributed by atoms with Crippen LogP contribution in [0.1, 0.15) is 28.4 Å². The molecule has 174 valence electrons. The van der Waals surface area contributed by atoms with E-state index >= 15 is 0 Å². The van der Waals surface area contributed by atoms with Crippen molar-refractivity contribution in [3.8, 4) is 11.5 Å². The zero-order chi connectivity index (χ0) is 22.1. The predicted molar refractivity (Wildman–Crippen MR) is 137 cm³/mol. The van der Waals surface area contributed by atoms with Gasteiger partial charge in [0.05, 0.1) is 6.54 Å². The molecule has 1 heterocycles. The highest BCUT2D eigenvalue weighted by Gasteiger charge is 2.13. The Balaban J connectivity index is 0.00000363. The summed E-state index contributed by atoms with van der Waals surface area (Å²) in [6, 6.07) is 13.5. The summed E-state index contributed by atoms with van der Waals surface area (Å²) in [6.07, 6.45) is 0. The first-order chi connectivity index (χ1) is 15.0. The van der Waals surface area contributed by atoms with Gasteiger partial charge in [-0.3, -0.25) is 4.79 Å². The number of fused-ring (bicyclic) bond motifs is 1. The van der Waals surface area contributed by atoms with Crippen LogP contribution in [0.15, 0.2) is 47.5 Å². The maximum Gasteiger partial charge on any atom is 0.251 e. The van der Waals surface area contributed by atoms with Gasteiger partial charge < -0.3 is 30.3 Å². The third-order valence-electron chi connectivity index (χ3n) is 4.69. The topological polar surface area (TPSA) is 87.2 Å². The van der Waals surface area contributed by atoms with Crippen molar-refractivity contribution in [2.75, 3.05) is 40.5 Å². The highest BCUT2D eigenvalue weighted by Crippen LogP contribution is 2.32. The van der Waals surface area contributed by atoms with Crippen molar-refractivity contribution in [2.45, 2.75) is 20.0 Å². The molecule has 0 aliphatic carbocycles. The van der Waals surface area contributed by atoms with Gasteiger partial charge in [-0.05, 0) is 56.4 Å². The monoisotopic (exact) mass is 553 g/mol. The minimum absolute atomic E-state index is 0. The summed E-state index contributed by atoms with van der Waals surface area (Å²) < 4.78 is 10.8. The lowest BCUT2D eigenvalue weighted by Gasteiger charge is -2.12. The normalized spacial score (nSPS) is 12.3. The second-order valence-electron chi connectivity index (χ2n) is 7.50. The molecule has 1 amide bonds. The number of carbonyl (C=O) groups is 1. The number of nitrogens with one attached hydrogen (secondary N) is 3. The molecular formula is C23H32IN5O3. The largest absolute Gasteiger partial charge is 0.454 e. The molecule has 0 spiro atoms. The summed E-state index contributed by atoms with van der Waals surface area (Å²) in [4.78, 5) is 19.0. The third kappa shape index (κ3) is 7.86. The van der Waals surface area contributed by atoms with Gasteiger partial charge in [-0.1, -0.05) is 18.2 Å². The van der Waals surface area contributed by atoms with E-state index in [9.17, 15) is 4.79 Å². The molecule has 2 aromatic carbocycles. The number of hydrogen-bond acceptors (Lipinski definition) is 5. The molecule has 3 N–H and O–H groups in total. The van der Waals surface area contributed by atoms with Crippen molar-refractivity contribution in [3.63, 3.8) is 0 Å². The van der Waals surface area contributed by atoms with Gasteiger partial charge in [0.1, 0.15) is 0 Å². The molecule has 8 nitrogen and oxygen atoms in total. The van der Waals surface area contributed by atoms with E-state index in [4.69, 9.17) is 9.47 Å². The van der Waals surface area contributed by atoms with Crippen molar-refractivity contribution >= 4 is 35.8 Å². The number of likely N-dealkylation sites (N-methyl/N-ethyl adjacent to an activating group) is 1. The Morgan fingerprint density at radius 3 is 2.62 bits per heavy atom. The van der Waals surface area contributed by atoms with Gasteiger partial charge in [0.15, 0.2) is 17.5 Å². The molecule has 0 saturated heterocycles. The summed E-state index contributed by atoms with van der Waals surface area (Å²) in [5.41, 5.74) is 2.69. The Bertz CT molecular complexity index is 920. The zero-order valence-corrected chi connectivity index (χ0v) is 21.1. The van der Waals surface area contributed by atoms with E-state index < -0.39 is 0 Å². The smallest absolute Gasteiger partial charge is 0.251 e. The number of halogens is 1. The molecule has 32 heavy (non-hydrogen) atoms. The van der Waals surface area contributed by atoms with E-state index in [0.717, 1.165) is 35.7 Å². The van der Waals surface area contributed by atoms with Crippen LogP contribution >= 0.6 is 24.0 Å². The highest BCUT2D eigenvalue weighted by atomic mass is 127. The third-order valence-corrected chi connectivity index (χ3v) is 4.69. The molecular weight excluding hydrogens is 521 g/mol. The number of carbonyl (C=O) groups excluding carboxylic acids is 1. The van der Waals surface area contributed by atoms with Crippen molar-refractivity contribution in [1.29, 1.82) is 0 Å². The maximum atomic E-state index is 12.3. The van der Waals surface area contributed by atoms with Gasteiger partial charge in [-0.15, -0.1) is 24.0 Å². The first-order valence-electron chi connectivity index (χ1n) is 10.5. The fourth-order valence-electron chi connectivity index (χ4n) is 3.05. The summed E-state index contributed by atoms with van der Waals surface area (Å²) >= 11 is 0. The highest BCUT2D eigenvalue weighted by molar-refractivity contribution is 14.0. The van der Waals surface area contributed by atoms with Crippen LogP contribution in [0.2, 0.25) is 0 Å². The fourth-order valence-corrected chi connectivity index (χ4v) is 3.05. The Kier molecular flexibility index (Phi) is 10.5. The Morgan fingerprint density at radius 1 is 1.03 bits per heavy atom. The molecule has 0 bridgehead atoms. The van der Waals surface area contributed by atoms with Crippen LogP contribution in [0.5, 0.6) is 11.5 Å². The van der Waals surface area contributed by atoms with Crippen LogP contribution in [-0.2, 0) is 13.1 Å². The molecule has 9 heteroatoms. The van der Waals surface area contributed by atoms with Crippen LogP contribution in [-0.4, -0.2) is 57.3 Å². The van der Waals surface area contributed by atoms with Crippen molar-refractivity contribution in [2.24, 2.45) is 4.99 Å². The number of aliphatic imine (C=N–C) groups is 1. The van der Waals surface area contributed by atoms with Crippen molar-refractivity contribution in [3.05, 3.63) is 59.2 Å². The van der Waals surface area contributed by atoms with Crippen LogP contribution in [0.4, 0.5) is 0 Å². The minimum Gasteiger partial charge on any atom is -0.454 e. The molecule has 0 fully saturated rings. The standard InChI is InChI=1S/C23H31N5O3.HI/c1-4-24-23(27-15-18-8-9-20-21(13-18)31-16-30-20)26-14-17-6-5-7-19(12-17)22(29)25-10-11-28(2)3;/h5-9,12-13H,4,10-11,14-16H2,1-3H3,(H,25,29)(H2,24,26,27);1H. The second-order valence-corrected chi connectivity index (χ2v) is 7.50. The van der Waals surface area contributed by atoms with E-state index in [2.05, 4.69) is 20.9 Å². The van der Waals surface area contributed by atoms with Crippen LogP contribution < -0.4 is 25.4 Å². The van der Waals surface area contributed by atoms with E-state index in [1.54, 1.807) is 0 Å². The zero-order valence-electron chi connectivity index (χ0n) is 18.8. The van der Waals surface area contributed by atoms with Crippen molar-refractivity contribution in [1.82, 2.24) is 20.9 Å². The van der Waals surface area contributed by atoms with Crippen LogP contribution in [0.3, 0.4) is 0 Å². The Morgan fingerprint density at radius 2 is 1.84 bits per heavy atom. The Hall–Kier alpha value is -2.53. The quantitative estimate of drug-likeness (QED) is 0.252. The summed E-state index contributed by atoms with van der Waals surface area (Å²) in [6.45, 7) is 5.53. The Labute approximate surface area is 206 Å². The lowest BCUT2D eigenvalue weighted by atomic mass is 10.1. The van der Waals surface area contributed by atoms with Gasteiger partial charge in [0.2, 0.25) is 6.79 Å². The minimum atomic E-state index is -0.0690. The number of hydrogen-bond donors (Lipinski definition) is 3. The van der Waals surface area contributed by atoms with E-state index in [1.165, 1.54) is 0 Å². The molecule has 2 aromatic rings. The van der Waals surface area contributed by atoms with E-state index in [-0.39, 0.29) is 36.7 Å². The molecule has 0 unspecified atom stereocenters. The summed E-state index contributed by atoms with van der Waals surface area (Å²) in [5.74, 6) is 2.18. The number of nitrogens with zero attached hydrogens (tertiary/aromatic N) is 2. The number of rotatable bonds is 9. The van der Waals surface area contributed by atoms with Gasteiger partial charge >= 0.3 is 0 Å². The van der Waals surface area contributed by atoms with Gasteiger partial charge in [-0.25, -0.2) is 4.99 Å². The predicted octanol–water partition coefficient (Wildman–Crippen LogP) is 2.58. The second kappa shape index (κ2) is 13.1. The van der Waals surface area contributed by atoms with E-state index in [1.807, 2.05) is 68.4 Å². The summed E-state index contributed by atoms with van der Waals surface area (Å²) in [7, 11) is 3.96. The molecule has 0 saturated carbocycles. The average Bonchev–Trinajstić information content (AvgIpc) is 3.23. The fraction of sp³-hybridized carbons (Fsp3) is 0.391. The molecule has 0 atom stereocenters. The van der Waals surface area contributed by atoms with Crippen LogP contribution in [0.25, 0.3) is 0 Å². The van der Waals surface area contributed by atoms with Gasteiger partial charge in [-0.2, -0.15) is 0 Å². The maximum absolute atomic E-state index is 12.3. The first-order valence-corrected chi connectivity index (χ1v) is 10.5. The number of amides is 1. The van der Waals surface area contributed by atoms with Gasteiger partial charge in [0.25, 0.3) is 5.91 Å². The molecule has 1 aliphatic rings. The van der Waals surface area contributed by atoms with E-state index in [0.29, 0.717) is 31.2 Å². The SMILES string of the molecule is CCNC(=NCc1cccc(C(=O)NCCN(C)C)c1)NCc1ccc2c(c1)OCO2.I. The van der Waals surface area contributed by atoms with Crippen molar-refractivity contribution < 1.29 is 14.3 Å². The lowest BCUT2D eigenvalue weighted by molar-refractivity contribution is 0.0951. The number of guanidine groups is 1. The first kappa shape index (κ1) is 25.7. The number of benzene rings is 2. The lowest BCUT2D eigenvalue weighted by Crippen LogP contribution is -2.36. The summed E-state index contributed by atoms with van der Waals surface area (Å²) in [5, 5.41) is 9.52.